The Morgan fingerprint density at radius 2 is 1.22 bits per heavy atom. The topological polar surface area (TPSA) is 17.8 Å². The number of para-hydroxylation sites is 3. The first-order chi connectivity index (χ1) is 20.3. The van der Waals surface area contributed by atoms with Gasteiger partial charge >= 0.3 is 0 Å². The molecule has 0 amide bonds. The van der Waals surface area contributed by atoms with Crippen LogP contribution >= 0.6 is 22.7 Å². The minimum atomic E-state index is 1.06. The molecule has 0 spiro atoms. The number of thiophene rings is 1. The smallest absolute Gasteiger partial charge is 0.124 e. The van der Waals surface area contributed by atoms with E-state index in [0.29, 0.717) is 0 Å². The van der Waals surface area contributed by atoms with E-state index in [1.807, 2.05) is 11.3 Å². The van der Waals surface area contributed by atoms with Crippen LogP contribution in [0.4, 0.5) is 0 Å². The highest BCUT2D eigenvalue weighted by atomic mass is 32.1. The van der Waals surface area contributed by atoms with E-state index < -0.39 is 0 Å². The molecule has 0 saturated heterocycles. The quantitative estimate of drug-likeness (QED) is 0.211. The first kappa shape index (κ1) is 23.0. The van der Waals surface area contributed by atoms with Gasteiger partial charge in [0.1, 0.15) is 5.01 Å². The van der Waals surface area contributed by atoms with Crippen LogP contribution in [-0.2, 0) is 0 Å². The second-order valence-electron chi connectivity index (χ2n) is 10.4. The summed E-state index contributed by atoms with van der Waals surface area (Å²) in [5.41, 5.74) is 8.33. The van der Waals surface area contributed by atoms with E-state index in [2.05, 4.69) is 138 Å². The number of hydrogen-bond acceptors (Lipinski definition) is 3. The van der Waals surface area contributed by atoms with Gasteiger partial charge in [0.15, 0.2) is 0 Å². The zero-order chi connectivity index (χ0) is 26.9. The number of rotatable bonds is 3. The van der Waals surface area contributed by atoms with Crippen molar-refractivity contribution in [2.45, 2.75) is 0 Å². The predicted molar refractivity (Wildman–Crippen MR) is 178 cm³/mol. The van der Waals surface area contributed by atoms with Gasteiger partial charge in [0.05, 0.1) is 21.3 Å². The van der Waals surface area contributed by atoms with Gasteiger partial charge in [-0.1, -0.05) is 72.8 Å². The van der Waals surface area contributed by atoms with Crippen molar-refractivity contribution >= 4 is 74.9 Å². The molecule has 0 saturated carbocycles. The van der Waals surface area contributed by atoms with Gasteiger partial charge in [-0.3, -0.25) is 0 Å². The molecule has 0 atom stereocenters. The molecular weight excluding hydrogens is 537 g/mol. The summed E-state index contributed by atoms with van der Waals surface area (Å²) in [6, 6.07) is 48.3. The van der Waals surface area contributed by atoms with Gasteiger partial charge in [-0.15, -0.1) is 22.7 Å². The lowest BCUT2D eigenvalue weighted by molar-refractivity contribution is 1.18. The van der Waals surface area contributed by atoms with Crippen molar-refractivity contribution < 1.29 is 0 Å². The summed E-state index contributed by atoms with van der Waals surface area (Å²) in [5, 5.41) is 6.22. The van der Waals surface area contributed by atoms with Crippen LogP contribution in [0.15, 0.2) is 133 Å². The van der Waals surface area contributed by atoms with Gasteiger partial charge < -0.3 is 4.57 Å². The predicted octanol–water partition coefficient (Wildman–Crippen LogP) is 11.1. The van der Waals surface area contributed by atoms with E-state index in [0.717, 1.165) is 10.5 Å². The van der Waals surface area contributed by atoms with Crippen molar-refractivity contribution in [2.24, 2.45) is 0 Å². The third-order valence-corrected chi connectivity index (χ3v) is 10.2. The van der Waals surface area contributed by atoms with Gasteiger partial charge in [0.2, 0.25) is 0 Å². The zero-order valence-electron chi connectivity index (χ0n) is 21.9. The number of aromatic nitrogens is 2. The van der Waals surface area contributed by atoms with Crippen LogP contribution < -0.4 is 0 Å². The van der Waals surface area contributed by atoms with E-state index >= 15 is 0 Å². The molecule has 3 aromatic heterocycles. The number of thiazole rings is 1. The lowest BCUT2D eigenvalue weighted by Crippen LogP contribution is -1.92. The van der Waals surface area contributed by atoms with Gasteiger partial charge in [-0.2, -0.15) is 0 Å². The largest absolute Gasteiger partial charge is 0.309 e. The molecule has 192 valence electrons. The Bertz CT molecular complexity index is 2390. The van der Waals surface area contributed by atoms with Crippen LogP contribution in [0.3, 0.4) is 0 Å². The molecule has 6 aromatic carbocycles. The molecule has 0 aliphatic heterocycles. The van der Waals surface area contributed by atoms with Gasteiger partial charge in [-0.05, 0) is 71.8 Å². The summed E-state index contributed by atoms with van der Waals surface area (Å²) in [6.07, 6.45) is 0. The van der Waals surface area contributed by atoms with E-state index in [1.54, 1.807) is 11.3 Å². The third kappa shape index (κ3) is 3.51. The minimum Gasteiger partial charge on any atom is -0.309 e. The number of benzene rings is 6. The lowest BCUT2D eigenvalue weighted by Gasteiger charge is -2.10. The molecule has 0 aliphatic rings. The van der Waals surface area contributed by atoms with E-state index in [-0.39, 0.29) is 0 Å². The van der Waals surface area contributed by atoms with Crippen molar-refractivity contribution in [2.75, 3.05) is 0 Å². The lowest BCUT2D eigenvalue weighted by atomic mass is 9.96. The van der Waals surface area contributed by atoms with Crippen LogP contribution in [0.25, 0.3) is 79.6 Å². The standard InChI is InChI=1S/C37H22N2S2/c1-2-10-25(11-3-1)39-31-15-7-4-12-26(31)29-20-23(18-19-32(29)39)28-21-24(37-38-30-14-6-9-17-34(30)41-37)22-35-36(28)27-13-5-8-16-33(27)40-35/h1-22H. The highest BCUT2D eigenvalue weighted by molar-refractivity contribution is 7.26. The van der Waals surface area contributed by atoms with E-state index in [1.165, 1.54) is 69.1 Å². The monoisotopic (exact) mass is 558 g/mol. The molecule has 0 unspecified atom stereocenters. The molecule has 0 radical (unpaired) electrons. The molecule has 3 heterocycles. The average Bonchev–Trinajstić information content (AvgIpc) is 3.72. The first-order valence-corrected chi connectivity index (χ1v) is 15.4. The molecule has 0 fully saturated rings. The number of hydrogen-bond donors (Lipinski definition) is 0. The summed E-state index contributed by atoms with van der Waals surface area (Å²) < 4.78 is 6.20. The Morgan fingerprint density at radius 1 is 0.488 bits per heavy atom. The molecular formula is C37H22N2S2. The fourth-order valence-corrected chi connectivity index (χ4v) is 8.32. The minimum absolute atomic E-state index is 1.06. The van der Waals surface area contributed by atoms with Crippen LogP contribution in [0.2, 0.25) is 0 Å². The molecule has 41 heavy (non-hydrogen) atoms. The Balaban J connectivity index is 1.35. The molecule has 0 N–H and O–H groups in total. The van der Waals surface area contributed by atoms with Crippen molar-refractivity contribution in [3.63, 3.8) is 0 Å². The Morgan fingerprint density at radius 3 is 2.10 bits per heavy atom. The summed E-state index contributed by atoms with van der Waals surface area (Å²) in [5.74, 6) is 0. The van der Waals surface area contributed by atoms with Crippen molar-refractivity contribution in [1.82, 2.24) is 9.55 Å². The van der Waals surface area contributed by atoms with E-state index in [9.17, 15) is 0 Å². The molecule has 2 nitrogen and oxygen atoms in total. The Kier molecular flexibility index (Phi) is 4.97. The summed E-state index contributed by atoms with van der Waals surface area (Å²) in [6.45, 7) is 0. The van der Waals surface area contributed by atoms with Crippen molar-refractivity contribution in [1.29, 1.82) is 0 Å². The van der Waals surface area contributed by atoms with Crippen LogP contribution in [-0.4, -0.2) is 9.55 Å². The van der Waals surface area contributed by atoms with Gasteiger partial charge in [-0.25, -0.2) is 4.98 Å². The van der Waals surface area contributed by atoms with Gasteiger partial charge in [0, 0.05) is 42.2 Å². The highest BCUT2D eigenvalue weighted by Gasteiger charge is 2.18. The third-order valence-electron chi connectivity index (χ3n) is 8.02. The zero-order valence-corrected chi connectivity index (χ0v) is 23.5. The van der Waals surface area contributed by atoms with Gasteiger partial charge in [0.25, 0.3) is 0 Å². The number of fused-ring (bicyclic) bond motifs is 7. The van der Waals surface area contributed by atoms with Crippen LogP contribution in [0.1, 0.15) is 0 Å². The molecule has 9 aromatic rings. The summed E-state index contributed by atoms with van der Waals surface area (Å²) in [7, 11) is 0. The summed E-state index contributed by atoms with van der Waals surface area (Å²) in [4.78, 5) is 5.03. The molecule has 4 heteroatoms. The maximum atomic E-state index is 5.03. The highest BCUT2D eigenvalue weighted by Crippen LogP contribution is 2.45. The fraction of sp³-hybridized carbons (Fsp3) is 0. The number of nitrogens with zero attached hydrogens (tertiary/aromatic N) is 2. The Hall–Kier alpha value is -4.77. The van der Waals surface area contributed by atoms with E-state index in [4.69, 9.17) is 4.98 Å². The molecule has 0 aliphatic carbocycles. The van der Waals surface area contributed by atoms with Crippen molar-refractivity contribution in [3.05, 3.63) is 133 Å². The SMILES string of the molecule is c1ccc(-n2c3ccccc3c3cc(-c4cc(-c5nc6ccccc6s5)cc5sc6ccccc6c45)ccc32)cc1. The molecule has 9 rings (SSSR count). The maximum Gasteiger partial charge on any atom is 0.124 e. The van der Waals surface area contributed by atoms with Crippen LogP contribution in [0, 0.1) is 0 Å². The van der Waals surface area contributed by atoms with Crippen LogP contribution in [0.5, 0.6) is 0 Å². The second kappa shape index (κ2) is 8.87. The Labute approximate surface area is 244 Å². The normalized spacial score (nSPS) is 11.9. The second-order valence-corrected chi connectivity index (χ2v) is 12.5. The first-order valence-electron chi connectivity index (χ1n) is 13.7. The fourth-order valence-electron chi connectivity index (χ4n) is 6.20. The molecule has 0 bridgehead atoms. The summed E-state index contributed by atoms with van der Waals surface area (Å²) >= 11 is 3.63. The van der Waals surface area contributed by atoms with Crippen molar-refractivity contribution in [3.8, 4) is 27.4 Å². The average molecular weight is 559 g/mol. The maximum absolute atomic E-state index is 5.03.